The number of aliphatic hydroxyl groups is 1. The highest BCUT2D eigenvalue weighted by Gasteiger charge is 2.19. The lowest BCUT2D eigenvalue weighted by molar-refractivity contribution is 0.0664. The fourth-order valence-corrected chi connectivity index (χ4v) is 2.72. The molecule has 0 aliphatic rings. The normalized spacial score (nSPS) is 10.9. The number of furan rings is 1. The van der Waals surface area contributed by atoms with E-state index in [-0.39, 0.29) is 12.4 Å². The summed E-state index contributed by atoms with van der Waals surface area (Å²) >= 11 is 1.60. The van der Waals surface area contributed by atoms with Crippen molar-refractivity contribution in [2.24, 2.45) is 0 Å². The van der Waals surface area contributed by atoms with Gasteiger partial charge < -0.3 is 14.6 Å². The number of hydrogen-bond acceptors (Lipinski definition) is 4. The summed E-state index contributed by atoms with van der Waals surface area (Å²) in [6.45, 7) is 0.158. The van der Waals surface area contributed by atoms with E-state index >= 15 is 0 Å². The van der Waals surface area contributed by atoms with E-state index in [1.165, 1.54) is 0 Å². The molecular weight excluding hydrogens is 252 g/mol. The third-order valence-corrected chi connectivity index (χ3v) is 3.66. The Morgan fingerprint density at radius 2 is 2.11 bits per heavy atom. The van der Waals surface area contributed by atoms with Gasteiger partial charge in [0.2, 0.25) is 5.76 Å². The number of carboxylic acid groups (broad SMARTS) is 1. The van der Waals surface area contributed by atoms with E-state index in [0.29, 0.717) is 17.8 Å². The van der Waals surface area contributed by atoms with Crippen LogP contribution < -0.4 is 0 Å². The molecule has 0 spiro atoms. The molecule has 0 radical (unpaired) electrons. The lowest BCUT2D eigenvalue weighted by Crippen LogP contribution is -1.98. The Labute approximate surface area is 109 Å². The molecule has 5 heteroatoms. The fourth-order valence-electron chi connectivity index (χ4n) is 1.76. The Bertz CT molecular complexity index is 547. The van der Waals surface area contributed by atoms with Gasteiger partial charge in [-0.25, -0.2) is 4.79 Å². The second kappa shape index (κ2) is 5.93. The van der Waals surface area contributed by atoms with Crippen molar-refractivity contribution in [3.05, 3.63) is 35.6 Å². The summed E-state index contributed by atoms with van der Waals surface area (Å²) in [5, 5.41) is 18.7. The first-order valence-corrected chi connectivity index (χ1v) is 6.82. The van der Waals surface area contributed by atoms with Crippen molar-refractivity contribution in [2.75, 3.05) is 12.4 Å². The molecule has 4 nitrogen and oxygen atoms in total. The largest absolute Gasteiger partial charge is 0.475 e. The van der Waals surface area contributed by atoms with E-state index in [9.17, 15) is 4.79 Å². The summed E-state index contributed by atoms with van der Waals surface area (Å²) in [5.74, 6) is 0.366. The van der Waals surface area contributed by atoms with Gasteiger partial charge in [-0.15, -0.1) is 0 Å². The third-order valence-electron chi connectivity index (χ3n) is 2.59. The van der Waals surface area contributed by atoms with Gasteiger partial charge in [-0.05, 0) is 18.2 Å². The van der Waals surface area contributed by atoms with Crippen LogP contribution >= 0.6 is 11.8 Å². The first-order valence-electron chi connectivity index (χ1n) is 5.66. The summed E-state index contributed by atoms with van der Waals surface area (Å²) in [6, 6.07) is 7.32. The van der Waals surface area contributed by atoms with Crippen LogP contribution in [0.4, 0.5) is 0 Å². The van der Waals surface area contributed by atoms with Gasteiger partial charge in [0.15, 0.2) is 0 Å². The second-order valence-electron chi connectivity index (χ2n) is 3.84. The summed E-state index contributed by atoms with van der Waals surface area (Å²) < 4.78 is 5.36. The predicted octanol–water partition coefficient (Wildman–Crippen LogP) is 2.75. The number of carboxylic acids is 1. The van der Waals surface area contributed by atoms with Gasteiger partial charge in [0.25, 0.3) is 0 Å². The van der Waals surface area contributed by atoms with E-state index in [1.54, 1.807) is 17.8 Å². The minimum Gasteiger partial charge on any atom is -0.475 e. The van der Waals surface area contributed by atoms with Crippen molar-refractivity contribution in [1.82, 2.24) is 0 Å². The van der Waals surface area contributed by atoms with Gasteiger partial charge in [-0.2, -0.15) is 11.8 Å². The average Bonchev–Trinajstić information content (AvgIpc) is 2.74. The molecule has 0 atom stereocenters. The molecule has 0 saturated carbocycles. The maximum Gasteiger partial charge on any atom is 0.372 e. The molecule has 0 fully saturated rings. The number of hydrogen-bond donors (Lipinski definition) is 2. The number of thioether (sulfide) groups is 1. The fraction of sp³-hybridized carbons (Fsp3) is 0.308. The Balaban J connectivity index is 2.27. The minimum absolute atomic E-state index is 0.0210. The van der Waals surface area contributed by atoms with Crippen molar-refractivity contribution in [3.63, 3.8) is 0 Å². The molecule has 1 heterocycles. The van der Waals surface area contributed by atoms with Crippen LogP contribution in [0.2, 0.25) is 0 Å². The monoisotopic (exact) mass is 266 g/mol. The molecule has 2 aromatic rings. The van der Waals surface area contributed by atoms with Crippen LogP contribution in [-0.2, 0) is 5.75 Å². The highest BCUT2D eigenvalue weighted by molar-refractivity contribution is 7.98. The first kappa shape index (κ1) is 13.0. The average molecular weight is 266 g/mol. The molecule has 2 N–H and O–H groups in total. The highest BCUT2D eigenvalue weighted by atomic mass is 32.2. The predicted molar refractivity (Wildman–Crippen MR) is 71.0 cm³/mol. The zero-order valence-corrected chi connectivity index (χ0v) is 10.6. The molecular formula is C13H14O4S. The summed E-state index contributed by atoms with van der Waals surface area (Å²) in [5.41, 5.74) is 1.33. The van der Waals surface area contributed by atoms with Crippen LogP contribution in [-0.4, -0.2) is 28.5 Å². The van der Waals surface area contributed by atoms with Crippen LogP contribution in [0.25, 0.3) is 11.0 Å². The Morgan fingerprint density at radius 3 is 2.83 bits per heavy atom. The number of fused-ring (bicyclic) bond motifs is 1. The summed E-state index contributed by atoms with van der Waals surface area (Å²) in [4.78, 5) is 11.1. The standard InChI is InChI=1S/C13H14O4S/c14-6-3-7-18-8-10-9-4-1-2-5-11(9)17-12(10)13(15)16/h1-2,4-5,14H,3,6-8H2,(H,15,16). The van der Waals surface area contributed by atoms with Crippen molar-refractivity contribution >= 4 is 28.7 Å². The van der Waals surface area contributed by atoms with Gasteiger partial charge >= 0.3 is 5.97 Å². The molecule has 1 aromatic carbocycles. The third kappa shape index (κ3) is 2.68. The van der Waals surface area contributed by atoms with Crippen molar-refractivity contribution in [2.45, 2.75) is 12.2 Å². The zero-order valence-electron chi connectivity index (χ0n) is 9.76. The first-order chi connectivity index (χ1) is 8.74. The van der Waals surface area contributed by atoms with Crippen LogP contribution in [0.1, 0.15) is 22.5 Å². The van der Waals surface area contributed by atoms with Gasteiger partial charge in [0.1, 0.15) is 5.58 Å². The van der Waals surface area contributed by atoms with Gasteiger partial charge in [0.05, 0.1) is 0 Å². The molecule has 96 valence electrons. The molecule has 2 rings (SSSR count). The lowest BCUT2D eigenvalue weighted by Gasteiger charge is -2.00. The Hall–Kier alpha value is -1.46. The molecule has 0 aliphatic heterocycles. The quantitative estimate of drug-likeness (QED) is 0.787. The van der Waals surface area contributed by atoms with Crippen LogP contribution in [0.3, 0.4) is 0 Å². The minimum atomic E-state index is -1.04. The van der Waals surface area contributed by atoms with Gasteiger partial charge in [0, 0.05) is 23.3 Å². The lowest BCUT2D eigenvalue weighted by atomic mass is 10.1. The van der Waals surface area contributed by atoms with Crippen LogP contribution in [0.15, 0.2) is 28.7 Å². The molecule has 0 bridgehead atoms. The molecule has 0 unspecified atom stereocenters. The topological polar surface area (TPSA) is 70.7 Å². The maximum atomic E-state index is 11.1. The Morgan fingerprint density at radius 1 is 1.33 bits per heavy atom. The molecule has 0 aliphatic carbocycles. The van der Waals surface area contributed by atoms with Gasteiger partial charge in [-0.1, -0.05) is 18.2 Å². The van der Waals surface area contributed by atoms with E-state index in [1.807, 2.05) is 18.2 Å². The highest BCUT2D eigenvalue weighted by Crippen LogP contribution is 2.29. The molecule has 1 aromatic heterocycles. The number of benzene rings is 1. The van der Waals surface area contributed by atoms with Crippen LogP contribution in [0, 0.1) is 0 Å². The SMILES string of the molecule is O=C(O)c1oc2ccccc2c1CSCCCO. The van der Waals surface area contributed by atoms with Crippen LogP contribution in [0.5, 0.6) is 0 Å². The molecule has 0 saturated heterocycles. The van der Waals surface area contributed by atoms with Crippen molar-refractivity contribution < 1.29 is 19.4 Å². The van der Waals surface area contributed by atoms with Crippen molar-refractivity contribution in [3.8, 4) is 0 Å². The number of para-hydroxylation sites is 1. The van der Waals surface area contributed by atoms with Crippen molar-refractivity contribution in [1.29, 1.82) is 0 Å². The van der Waals surface area contributed by atoms with E-state index in [0.717, 1.165) is 16.7 Å². The molecule has 18 heavy (non-hydrogen) atoms. The number of carbonyl (C=O) groups is 1. The van der Waals surface area contributed by atoms with Gasteiger partial charge in [-0.3, -0.25) is 0 Å². The number of aliphatic hydroxyl groups excluding tert-OH is 1. The maximum absolute atomic E-state index is 11.1. The summed E-state index contributed by atoms with van der Waals surface area (Å²) in [7, 11) is 0. The van der Waals surface area contributed by atoms with E-state index in [2.05, 4.69) is 0 Å². The zero-order chi connectivity index (χ0) is 13.0. The smallest absolute Gasteiger partial charge is 0.372 e. The molecule has 0 amide bonds. The summed E-state index contributed by atoms with van der Waals surface area (Å²) in [6.07, 6.45) is 0.711. The Kier molecular flexibility index (Phi) is 4.28. The number of aromatic carboxylic acids is 1. The van der Waals surface area contributed by atoms with E-state index < -0.39 is 5.97 Å². The number of rotatable bonds is 6. The van der Waals surface area contributed by atoms with E-state index in [4.69, 9.17) is 14.6 Å². The second-order valence-corrected chi connectivity index (χ2v) is 4.95.